The number of morpholine rings is 1. The largest absolute Gasteiger partial charge is 0.495 e. The molecular weight excluding hydrogens is 416 g/mol. The number of carbonyl (C=O) groups is 1. The number of hydrogen-bond acceptors (Lipinski definition) is 5. The van der Waals surface area contributed by atoms with Crippen LogP contribution < -0.4 is 10.1 Å². The summed E-state index contributed by atoms with van der Waals surface area (Å²) < 4.78 is 37.9. The molecule has 0 atom stereocenters. The zero-order valence-electron chi connectivity index (χ0n) is 16.1. The molecule has 0 radical (unpaired) electrons. The van der Waals surface area contributed by atoms with Crippen molar-refractivity contribution in [3.8, 4) is 5.75 Å². The van der Waals surface area contributed by atoms with Gasteiger partial charge in [0.2, 0.25) is 15.9 Å². The van der Waals surface area contributed by atoms with Crippen LogP contribution in [-0.4, -0.2) is 52.0 Å². The van der Waals surface area contributed by atoms with E-state index in [4.69, 9.17) is 21.1 Å². The van der Waals surface area contributed by atoms with Gasteiger partial charge in [0.15, 0.2) is 0 Å². The molecule has 1 fully saturated rings. The van der Waals surface area contributed by atoms with E-state index in [0.29, 0.717) is 30.3 Å². The lowest BCUT2D eigenvalue weighted by Gasteiger charge is -2.26. The fraction of sp³-hybridized carbons (Fsp3) is 0.350. The molecule has 29 heavy (non-hydrogen) atoms. The van der Waals surface area contributed by atoms with E-state index in [9.17, 15) is 13.2 Å². The van der Waals surface area contributed by atoms with Crippen molar-refractivity contribution in [1.29, 1.82) is 0 Å². The fourth-order valence-corrected chi connectivity index (χ4v) is 4.73. The average Bonchev–Trinajstić information content (AvgIpc) is 2.74. The van der Waals surface area contributed by atoms with E-state index in [1.807, 2.05) is 12.1 Å². The minimum Gasteiger partial charge on any atom is -0.495 e. The molecule has 0 saturated carbocycles. The van der Waals surface area contributed by atoms with E-state index in [-0.39, 0.29) is 36.1 Å². The van der Waals surface area contributed by atoms with Gasteiger partial charge in [-0.2, -0.15) is 4.31 Å². The summed E-state index contributed by atoms with van der Waals surface area (Å²) in [4.78, 5) is 12.4. The predicted octanol–water partition coefficient (Wildman–Crippen LogP) is 2.94. The van der Waals surface area contributed by atoms with Crippen LogP contribution >= 0.6 is 11.6 Å². The number of hydrogen-bond donors (Lipinski definition) is 1. The Kier molecular flexibility index (Phi) is 7.13. The lowest BCUT2D eigenvalue weighted by molar-refractivity contribution is -0.116. The van der Waals surface area contributed by atoms with Crippen LogP contribution in [0.15, 0.2) is 47.4 Å². The molecule has 9 heteroatoms. The van der Waals surface area contributed by atoms with E-state index < -0.39 is 10.0 Å². The maximum atomic E-state index is 13.0. The standard InChI is InChI=1S/C20H23ClN2O5S/c1-27-18-8-7-17(14-19(18)29(25,26)23-10-12-28-13-11-23)22-20(24)9-4-15-2-5-16(21)6-3-15/h2-3,5-8,14H,4,9-13H2,1H3,(H,22,24). The number of anilines is 1. The Morgan fingerprint density at radius 2 is 1.86 bits per heavy atom. The van der Waals surface area contributed by atoms with Gasteiger partial charge in [-0.3, -0.25) is 4.79 Å². The number of nitrogens with one attached hydrogen (secondary N) is 1. The molecule has 1 aliphatic rings. The highest BCUT2D eigenvalue weighted by molar-refractivity contribution is 7.89. The van der Waals surface area contributed by atoms with Crippen LogP contribution in [0.3, 0.4) is 0 Å². The summed E-state index contributed by atoms with van der Waals surface area (Å²) in [5.74, 6) is 0.0236. The van der Waals surface area contributed by atoms with Gasteiger partial charge in [-0.25, -0.2) is 8.42 Å². The van der Waals surface area contributed by atoms with Gasteiger partial charge in [0.1, 0.15) is 10.6 Å². The Morgan fingerprint density at radius 3 is 2.52 bits per heavy atom. The lowest BCUT2D eigenvalue weighted by atomic mass is 10.1. The topological polar surface area (TPSA) is 84.9 Å². The Morgan fingerprint density at radius 1 is 1.17 bits per heavy atom. The summed E-state index contributed by atoms with van der Waals surface area (Å²) >= 11 is 5.87. The minimum absolute atomic E-state index is 0.0254. The molecule has 0 spiro atoms. The highest BCUT2D eigenvalue weighted by Gasteiger charge is 2.29. The highest BCUT2D eigenvalue weighted by atomic mass is 35.5. The zero-order chi connectivity index (χ0) is 20.9. The van der Waals surface area contributed by atoms with Gasteiger partial charge in [-0.05, 0) is 42.3 Å². The normalized spacial score (nSPS) is 15.1. The number of benzene rings is 2. The fourth-order valence-electron chi connectivity index (χ4n) is 3.01. The minimum atomic E-state index is -3.76. The number of carbonyl (C=O) groups excluding carboxylic acids is 1. The van der Waals surface area contributed by atoms with Crippen molar-refractivity contribution in [2.24, 2.45) is 0 Å². The van der Waals surface area contributed by atoms with Gasteiger partial charge in [-0.15, -0.1) is 0 Å². The number of halogens is 1. The summed E-state index contributed by atoms with van der Waals surface area (Å²) in [6.07, 6.45) is 0.817. The molecule has 1 aliphatic heterocycles. The number of methoxy groups -OCH3 is 1. The molecule has 156 valence electrons. The lowest BCUT2D eigenvalue weighted by Crippen LogP contribution is -2.40. The highest BCUT2D eigenvalue weighted by Crippen LogP contribution is 2.30. The monoisotopic (exact) mass is 438 g/mol. The van der Waals surface area contributed by atoms with Crippen LogP contribution in [0.4, 0.5) is 5.69 Å². The van der Waals surface area contributed by atoms with Crippen LogP contribution in [0.25, 0.3) is 0 Å². The number of rotatable bonds is 7. The molecule has 0 aromatic heterocycles. The number of ether oxygens (including phenoxy) is 2. The first-order valence-electron chi connectivity index (χ1n) is 9.20. The van der Waals surface area contributed by atoms with Gasteiger partial charge in [0.25, 0.3) is 0 Å². The number of amides is 1. The second-order valence-electron chi connectivity index (χ2n) is 6.56. The van der Waals surface area contributed by atoms with Crippen LogP contribution in [0.2, 0.25) is 5.02 Å². The SMILES string of the molecule is COc1ccc(NC(=O)CCc2ccc(Cl)cc2)cc1S(=O)(=O)N1CCOCC1. The van der Waals surface area contributed by atoms with Gasteiger partial charge >= 0.3 is 0 Å². The first-order valence-corrected chi connectivity index (χ1v) is 11.0. The van der Waals surface area contributed by atoms with Gasteiger partial charge in [-0.1, -0.05) is 23.7 Å². The second-order valence-corrected chi connectivity index (χ2v) is 8.90. The van der Waals surface area contributed by atoms with Crippen molar-refractivity contribution >= 4 is 33.2 Å². The van der Waals surface area contributed by atoms with Crippen LogP contribution in [0.1, 0.15) is 12.0 Å². The average molecular weight is 439 g/mol. The first-order chi connectivity index (χ1) is 13.9. The Hall–Kier alpha value is -2.13. The van der Waals surface area contributed by atoms with Crippen LogP contribution in [-0.2, 0) is 26.0 Å². The summed E-state index contributed by atoms with van der Waals surface area (Å²) in [6.45, 7) is 1.26. The molecule has 1 heterocycles. The molecule has 2 aromatic carbocycles. The van der Waals surface area contributed by atoms with E-state index in [1.165, 1.54) is 17.5 Å². The summed E-state index contributed by atoms with van der Waals surface area (Å²) in [5, 5.41) is 3.41. The van der Waals surface area contributed by atoms with Gasteiger partial charge < -0.3 is 14.8 Å². The molecule has 3 rings (SSSR count). The van der Waals surface area contributed by atoms with Crippen molar-refractivity contribution in [3.63, 3.8) is 0 Å². The van der Waals surface area contributed by atoms with Gasteiger partial charge in [0.05, 0.1) is 20.3 Å². The molecule has 0 aliphatic carbocycles. The third kappa shape index (κ3) is 5.48. The molecular formula is C20H23ClN2O5S. The second kappa shape index (κ2) is 9.58. The molecule has 1 saturated heterocycles. The zero-order valence-corrected chi connectivity index (χ0v) is 17.6. The maximum Gasteiger partial charge on any atom is 0.246 e. The Labute approximate surface area is 175 Å². The maximum absolute atomic E-state index is 13.0. The Bertz CT molecular complexity index is 957. The van der Waals surface area contributed by atoms with E-state index in [2.05, 4.69) is 5.32 Å². The number of nitrogens with zero attached hydrogens (tertiary/aromatic N) is 1. The summed E-state index contributed by atoms with van der Waals surface area (Å²) in [5.41, 5.74) is 1.40. The number of aryl methyl sites for hydroxylation is 1. The van der Waals surface area contributed by atoms with E-state index >= 15 is 0 Å². The molecule has 7 nitrogen and oxygen atoms in total. The number of sulfonamides is 1. The van der Waals surface area contributed by atoms with Crippen molar-refractivity contribution in [2.45, 2.75) is 17.7 Å². The van der Waals surface area contributed by atoms with Crippen molar-refractivity contribution in [2.75, 3.05) is 38.7 Å². The first kappa shape index (κ1) is 21.6. The molecule has 1 amide bonds. The van der Waals surface area contributed by atoms with Crippen LogP contribution in [0, 0.1) is 0 Å². The van der Waals surface area contributed by atoms with Crippen molar-refractivity contribution in [3.05, 3.63) is 53.1 Å². The summed E-state index contributed by atoms with van der Waals surface area (Å²) in [6, 6.07) is 11.9. The van der Waals surface area contributed by atoms with E-state index in [1.54, 1.807) is 24.3 Å². The smallest absolute Gasteiger partial charge is 0.246 e. The molecule has 1 N–H and O–H groups in total. The predicted molar refractivity (Wildman–Crippen MR) is 111 cm³/mol. The van der Waals surface area contributed by atoms with Crippen LogP contribution in [0.5, 0.6) is 5.75 Å². The summed E-state index contributed by atoms with van der Waals surface area (Å²) in [7, 11) is -2.34. The molecule has 0 unspecified atom stereocenters. The van der Waals surface area contributed by atoms with Gasteiger partial charge in [0, 0.05) is 30.2 Å². The molecule has 0 bridgehead atoms. The van der Waals surface area contributed by atoms with Crippen molar-refractivity contribution < 1.29 is 22.7 Å². The Balaban J connectivity index is 1.72. The third-order valence-corrected chi connectivity index (χ3v) is 6.76. The van der Waals surface area contributed by atoms with Crippen molar-refractivity contribution in [1.82, 2.24) is 4.31 Å². The quantitative estimate of drug-likeness (QED) is 0.718. The third-order valence-electron chi connectivity index (χ3n) is 4.59. The van der Waals surface area contributed by atoms with E-state index in [0.717, 1.165) is 5.56 Å². The molecule has 2 aromatic rings.